The highest BCUT2D eigenvalue weighted by molar-refractivity contribution is 5.80. The van der Waals surface area contributed by atoms with E-state index >= 15 is 0 Å². The Balaban J connectivity index is 2.10. The number of nitrogens with zero attached hydrogens (tertiary/aromatic N) is 1. The molecule has 1 aliphatic rings. The predicted octanol–water partition coefficient (Wildman–Crippen LogP) is 2.02. The molecule has 0 bridgehead atoms. The van der Waals surface area contributed by atoms with E-state index in [2.05, 4.69) is 22.6 Å². The molecule has 1 aromatic carbocycles. The number of benzene rings is 1. The van der Waals surface area contributed by atoms with E-state index in [1.807, 2.05) is 18.2 Å². The number of amidine groups is 1. The van der Waals surface area contributed by atoms with Crippen LogP contribution in [0.1, 0.15) is 37.3 Å². The monoisotopic (exact) mass is 277 g/mol. The lowest BCUT2D eigenvalue weighted by atomic mass is 10.0. The van der Waals surface area contributed by atoms with Gasteiger partial charge in [0.15, 0.2) is 0 Å². The Hall–Kier alpha value is -1.59. The molecule has 5 nitrogen and oxygen atoms in total. The van der Waals surface area contributed by atoms with Gasteiger partial charge in [0.2, 0.25) is 0 Å². The average Bonchev–Trinajstić information content (AvgIpc) is 2.94. The maximum Gasteiger partial charge on any atom is 0.141 e. The zero-order valence-electron chi connectivity index (χ0n) is 11.8. The van der Waals surface area contributed by atoms with Gasteiger partial charge in [0, 0.05) is 25.6 Å². The van der Waals surface area contributed by atoms with Crippen LogP contribution in [0.5, 0.6) is 0 Å². The number of hydrogen-bond donors (Lipinski definition) is 3. The number of rotatable bonds is 6. The standard InChI is InChI=1S/C15H23N3O2/c1-20-14-9-5-8-12(14)17-13(10-15(16)18-19)11-6-3-2-4-7-11/h2-4,6-7,12-14,17,19H,5,8-10H2,1H3,(H2,16,18). The van der Waals surface area contributed by atoms with Crippen LogP contribution in [-0.2, 0) is 4.74 Å². The maximum atomic E-state index is 8.80. The maximum absolute atomic E-state index is 8.80. The number of methoxy groups -OCH3 is 1. The van der Waals surface area contributed by atoms with E-state index < -0.39 is 0 Å². The Morgan fingerprint density at radius 3 is 2.85 bits per heavy atom. The Kier molecular flexibility index (Phi) is 5.38. The van der Waals surface area contributed by atoms with Gasteiger partial charge in [0.1, 0.15) is 5.84 Å². The zero-order valence-corrected chi connectivity index (χ0v) is 11.8. The van der Waals surface area contributed by atoms with Crippen LogP contribution in [-0.4, -0.2) is 30.3 Å². The Morgan fingerprint density at radius 2 is 2.20 bits per heavy atom. The molecule has 110 valence electrons. The summed E-state index contributed by atoms with van der Waals surface area (Å²) in [4.78, 5) is 0. The SMILES string of the molecule is COC1CCCC1NC(CC(N)=NO)c1ccccc1. The molecule has 0 radical (unpaired) electrons. The van der Waals surface area contributed by atoms with Crippen molar-refractivity contribution in [2.45, 2.75) is 43.9 Å². The first-order chi connectivity index (χ1) is 9.74. The molecule has 2 rings (SSSR count). The molecule has 3 unspecified atom stereocenters. The first-order valence-electron chi connectivity index (χ1n) is 7.04. The summed E-state index contributed by atoms with van der Waals surface area (Å²) in [7, 11) is 1.76. The Bertz CT molecular complexity index is 436. The van der Waals surface area contributed by atoms with Crippen LogP contribution >= 0.6 is 0 Å². The van der Waals surface area contributed by atoms with Gasteiger partial charge in [-0.25, -0.2) is 0 Å². The predicted molar refractivity (Wildman–Crippen MR) is 78.8 cm³/mol. The molecule has 3 atom stereocenters. The minimum Gasteiger partial charge on any atom is -0.409 e. The minimum atomic E-state index is 0.0350. The largest absolute Gasteiger partial charge is 0.409 e. The lowest BCUT2D eigenvalue weighted by Gasteiger charge is -2.26. The second kappa shape index (κ2) is 7.26. The highest BCUT2D eigenvalue weighted by atomic mass is 16.5. The van der Waals surface area contributed by atoms with Crippen molar-refractivity contribution in [2.24, 2.45) is 10.9 Å². The van der Waals surface area contributed by atoms with Crippen LogP contribution in [0.25, 0.3) is 0 Å². The van der Waals surface area contributed by atoms with Gasteiger partial charge in [-0.05, 0) is 24.8 Å². The van der Waals surface area contributed by atoms with Crippen LogP contribution in [0.2, 0.25) is 0 Å². The van der Waals surface area contributed by atoms with Crippen LogP contribution in [0.15, 0.2) is 35.5 Å². The van der Waals surface area contributed by atoms with E-state index in [1.54, 1.807) is 7.11 Å². The van der Waals surface area contributed by atoms with Gasteiger partial charge in [-0.15, -0.1) is 0 Å². The molecule has 20 heavy (non-hydrogen) atoms. The van der Waals surface area contributed by atoms with Crippen LogP contribution in [0, 0.1) is 0 Å². The summed E-state index contributed by atoms with van der Waals surface area (Å²) < 4.78 is 5.52. The topological polar surface area (TPSA) is 79.9 Å². The van der Waals surface area contributed by atoms with Crippen molar-refractivity contribution in [3.05, 3.63) is 35.9 Å². The van der Waals surface area contributed by atoms with Gasteiger partial charge in [-0.2, -0.15) is 0 Å². The third kappa shape index (κ3) is 3.71. The molecule has 1 aliphatic carbocycles. The van der Waals surface area contributed by atoms with E-state index in [1.165, 1.54) is 6.42 Å². The molecule has 1 fully saturated rings. The summed E-state index contributed by atoms with van der Waals surface area (Å²) in [5, 5.41) is 15.5. The number of ether oxygens (including phenoxy) is 1. The average molecular weight is 277 g/mol. The third-order valence-electron chi connectivity index (χ3n) is 3.91. The van der Waals surface area contributed by atoms with Gasteiger partial charge in [0.25, 0.3) is 0 Å². The summed E-state index contributed by atoms with van der Waals surface area (Å²) >= 11 is 0. The molecule has 0 heterocycles. The fourth-order valence-electron chi connectivity index (χ4n) is 2.87. The van der Waals surface area contributed by atoms with E-state index in [9.17, 15) is 0 Å². The lowest BCUT2D eigenvalue weighted by molar-refractivity contribution is 0.0814. The summed E-state index contributed by atoms with van der Waals surface area (Å²) in [6.45, 7) is 0. The summed E-state index contributed by atoms with van der Waals surface area (Å²) in [6.07, 6.45) is 4.07. The minimum absolute atomic E-state index is 0.0350. The number of hydrogen-bond acceptors (Lipinski definition) is 4. The van der Waals surface area contributed by atoms with Crippen LogP contribution in [0.3, 0.4) is 0 Å². The smallest absolute Gasteiger partial charge is 0.141 e. The van der Waals surface area contributed by atoms with E-state index in [4.69, 9.17) is 15.7 Å². The van der Waals surface area contributed by atoms with Crippen molar-refractivity contribution in [1.82, 2.24) is 5.32 Å². The fraction of sp³-hybridized carbons (Fsp3) is 0.533. The van der Waals surface area contributed by atoms with Crippen molar-refractivity contribution in [3.8, 4) is 0 Å². The molecule has 0 spiro atoms. The second-order valence-electron chi connectivity index (χ2n) is 5.24. The molecule has 5 heteroatoms. The normalized spacial score (nSPS) is 24.8. The number of oxime groups is 1. The Morgan fingerprint density at radius 1 is 1.45 bits per heavy atom. The quantitative estimate of drug-likeness (QED) is 0.322. The number of nitrogens with one attached hydrogen (secondary N) is 1. The second-order valence-corrected chi connectivity index (χ2v) is 5.24. The first kappa shape index (κ1) is 14.8. The van der Waals surface area contributed by atoms with Crippen molar-refractivity contribution in [3.63, 3.8) is 0 Å². The van der Waals surface area contributed by atoms with Gasteiger partial charge in [-0.3, -0.25) is 0 Å². The highest BCUT2D eigenvalue weighted by Gasteiger charge is 2.29. The molecule has 0 aromatic heterocycles. The van der Waals surface area contributed by atoms with Crippen LogP contribution in [0.4, 0.5) is 0 Å². The molecular weight excluding hydrogens is 254 g/mol. The number of nitrogens with two attached hydrogens (primary N) is 1. The van der Waals surface area contributed by atoms with Gasteiger partial charge in [0.05, 0.1) is 6.10 Å². The van der Waals surface area contributed by atoms with Crippen LogP contribution < -0.4 is 11.1 Å². The molecule has 1 aromatic rings. The van der Waals surface area contributed by atoms with Crippen molar-refractivity contribution in [1.29, 1.82) is 0 Å². The molecule has 4 N–H and O–H groups in total. The van der Waals surface area contributed by atoms with Crippen molar-refractivity contribution >= 4 is 5.84 Å². The molecule has 0 amide bonds. The summed E-state index contributed by atoms with van der Waals surface area (Å²) in [6, 6.07) is 10.4. The lowest BCUT2D eigenvalue weighted by Crippen LogP contribution is -2.40. The summed E-state index contributed by atoms with van der Waals surface area (Å²) in [5.41, 5.74) is 6.82. The van der Waals surface area contributed by atoms with Gasteiger partial charge >= 0.3 is 0 Å². The molecular formula is C15H23N3O2. The van der Waals surface area contributed by atoms with Gasteiger partial charge in [-0.1, -0.05) is 35.5 Å². The van der Waals surface area contributed by atoms with Crippen molar-refractivity contribution < 1.29 is 9.94 Å². The van der Waals surface area contributed by atoms with E-state index in [0.717, 1.165) is 18.4 Å². The van der Waals surface area contributed by atoms with E-state index in [0.29, 0.717) is 12.5 Å². The fourth-order valence-corrected chi connectivity index (χ4v) is 2.87. The molecule has 0 saturated heterocycles. The molecule has 0 aliphatic heterocycles. The summed E-state index contributed by atoms with van der Waals surface area (Å²) in [5.74, 6) is 0.235. The molecule has 1 saturated carbocycles. The van der Waals surface area contributed by atoms with Gasteiger partial charge < -0.3 is 21.0 Å². The Labute approximate surface area is 119 Å². The van der Waals surface area contributed by atoms with Crippen molar-refractivity contribution in [2.75, 3.05) is 7.11 Å². The first-order valence-corrected chi connectivity index (χ1v) is 7.04. The third-order valence-corrected chi connectivity index (χ3v) is 3.91. The highest BCUT2D eigenvalue weighted by Crippen LogP contribution is 2.26. The van der Waals surface area contributed by atoms with E-state index in [-0.39, 0.29) is 18.0 Å². The zero-order chi connectivity index (χ0) is 14.4.